The summed E-state index contributed by atoms with van der Waals surface area (Å²) in [4.78, 5) is 27.6. The molecule has 6 nitrogen and oxygen atoms in total. The lowest BCUT2D eigenvalue weighted by atomic mass is 10.1. The molecule has 0 saturated heterocycles. The van der Waals surface area contributed by atoms with E-state index in [4.69, 9.17) is 0 Å². The number of hydrogen-bond donors (Lipinski definition) is 2. The zero-order chi connectivity index (χ0) is 17.2. The van der Waals surface area contributed by atoms with Gasteiger partial charge in [0.05, 0.1) is 6.42 Å². The first kappa shape index (κ1) is 19.0. The van der Waals surface area contributed by atoms with Crippen molar-refractivity contribution in [2.75, 3.05) is 45.6 Å². The lowest BCUT2D eigenvalue weighted by molar-refractivity contribution is -0.127. The highest BCUT2D eigenvalue weighted by atomic mass is 16.2. The molecule has 2 N–H and O–H groups in total. The van der Waals surface area contributed by atoms with Gasteiger partial charge in [0.25, 0.3) is 0 Å². The molecule has 0 bridgehead atoms. The fourth-order valence-electron chi connectivity index (χ4n) is 2.15. The van der Waals surface area contributed by atoms with Gasteiger partial charge in [-0.05, 0) is 24.7 Å². The summed E-state index contributed by atoms with van der Waals surface area (Å²) in [6.07, 6.45) is 0.267. The molecule has 23 heavy (non-hydrogen) atoms. The Kier molecular flexibility index (Phi) is 8.11. The van der Waals surface area contributed by atoms with Gasteiger partial charge in [-0.2, -0.15) is 0 Å². The second-order valence-electron chi connectivity index (χ2n) is 5.53. The van der Waals surface area contributed by atoms with Crippen LogP contribution in [0.1, 0.15) is 19.4 Å². The first-order valence-corrected chi connectivity index (χ1v) is 8.03. The van der Waals surface area contributed by atoms with Gasteiger partial charge in [0.15, 0.2) is 0 Å². The van der Waals surface area contributed by atoms with Crippen LogP contribution in [0, 0.1) is 0 Å². The first-order chi connectivity index (χ1) is 11.0. The Morgan fingerprint density at radius 3 is 2.35 bits per heavy atom. The van der Waals surface area contributed by atoms with Gasteiger partial charge in [0, 0.05) is 32.9 Å². The number of nitrogens with zero attached hydrogens (tertiary/aromatic N) is 2. The van der Waals surface area contributed by atoms with Gasteiger partial charge in [-0.25, -0.2) is 4.79 Å². The third kappa shape index (κ3) is 6.69. The molecular formula is C17H28N4O2. The number of likely N-dealkylation sites (N-methyl/N-ethyl adjacent to an activating group) is 2. The number of nitrogens with one attached hydrogen (secondary N) is 2. The number of rotatable bonds is 8. The Hall–Kier alpha value is -2.08. The van der Waals surface area contributed by atoms with E-state index >= 15 is 0 Å². The monoisotopic (exact) mass is 320 g/mol. The average molecular weight is 320 g/mol. The van der Waals surface area contributed by atoms with Crippen LogP contribution in [-0.4, -0.2) is 62.0 Å². The smallest absolute Gasteiger partial charge is 0.319 e. The fraction of sp³-hybridized carbons (Fsp3) is 0.529. The van der Waals surface area contributed by atoms with Gasteiger partial charge in [-0.3, -0.25) is 4.79 Å². The minimum Gasteiger partial charge on any atom is -0.349 e. The van der Waals surface area contributed by atoms with Crippen LogP contribution in [-0.2, 0) is 11.2 Å². The molecule has 0 fully saturated rings. The summed E-state index contributed by atoms with van der Waals surface area (Å²) in [5.74, 6) is 0.00110. The summed E-state index contributed by atoms with van der Waals surface area (Å²) in [6.45, 7) is 7.54. The van der Waals surface area contributed by atoms with Crippen molar-refractivity contribution < 1.29 is 9.59 Å². The molecule has 0 aliphatic carbocycles. The summed E-state index contributed by atoms with van der Waals surface area (Å²) < 4.78 is 0. The maximum atomic E-state index is 12.0. The number of anilines is 1. The number of urea groups is 1. The molecule has 0 heterocycles. The Balaban J connectivity index is 2.56. The molecule has 0 unspecified atom stereocenters. The van der Waals surface area contributed by atoms with Crippen molar-refractivity contribution in [3.63, 3.8) is 0 Å². The van der Waals surface area contributed by atoms with Gasteiger partial charge < -0.3 is 20.4 Å². The van der Waals surface area contributed by atoms with Gasteiger partial charge >= 0.3 is 6.03 Å². The van der Waals surface area contributed by atoms with Crippen molar-refractivity contribution in [3.05, 3.63) is 29.8 Å². The maximum absolute atomic E-state index is 12.0. The predicted molar refractivity (Wildman–Crippen MR) is 93.6 cm³/mol. The van der Waals surface area contributed by atoms with E-state index in [-0.39, 0.29) is 18.4 Å². The van der Waals surface area contributed by atoms with Gasteiger partial charge in [-0.15, -0.1) is 0 Å². The molecular weight excluding hydrogens is 292 g/mol. The van der Waals surface area contributed by atoms with Crippen molar-refractivity contribution in [1.29, 1.82) is 0 Å². The van der Waals surface area contributed by atoms with Gasteiger partial charge in [0.1, 0.15) is 0 Å². The van der Waals surface area contributed by atoms with Crippen molar-refractivity contribution in [3.8, 4) is 0 Å². The largest absolute Gasteiger partial charge is 0.349 e. The van der Waals surface area contributed by atoms with Crippen LogP contribution in [0.2, 0.25) is 0 Å². The van der Waals surface area contributed by atoms with Gasteiger partial charge in [0.2, 0.25) is 5.91 Å². The highest BCUT2D eigenvalue weighted by molar-refractivity contribution is 5.91. The van der Waals surface area contributed by atoms with Crippen molar-refractivity contribution >= 4 is 17.6 Å². The SMILES string of the molecule is CCN(CC)CCNC(=O)Nc1ccccc1CC(=O)N(C)C. The lowest BCUT2D eigenvalue weighted by Crippen LogP contribution is -2.37. The Morgan fingerprint density at radius 1 is 1.09 bits per heavy atom. The van der Waals surface area contributed by atoms with E-state index in [9.17, 15) is 9.59 Å². The highest BCUT2D eigenvalue weighted by Crippen LogP contribution is 2.16. The maximum Gasteiger partial charge on any atom is 0.319 e. The third-order valence-corrected chi connectivity index (χ3v) is 3.71. The van der Waals surface area contributed by atoms with E-state index in [0.29, 0.717) is 12.2 Å². The number of hydrogen-bond acceptors (Lipinski definition) is 3. The second-order valence-corrected chi connectivity index (χ2v) is 5.53. The minimum atomic E-state index is -0.248. The van der Waals surface area contributed by atoms with Gasteiger partial charge in [-0.1, -0.05) is 32.0 Å². The van der Waals surface area contributed by atoms with Crippen LogP contribution in [0.15, 0.2) is 24.3 Å². The van der Waals surface area contributed by atoms with Crippen molar-refractivity contribution in [2.45, 2.75) is 20.3 Å². The average Bonchev–Trinajstić information content (AvgIpc) is 2.53. The van der Waals surface area contributed by atoms with Crippen LogP contribution in [0.5, 0.6) is 0 Å². The van der Waals surface area contributed by atoms with Crippen LogP contribution in [0.25, 0.3) is 0 Å². The molecule has 0 aliphatic heterocycles. The molecule has 128 valence electrons. The fourth-order valence-corrected chi connectivity index (χ4v) is 2.15. The highest BCUT2D eigenvalue weighted by Gasteiger charge is 2.11. The van der Waals surface area contributed by atoms with E-state index < -0.39 is 0 Å². The molecule has 1 aromatic rings. The number of benzene rings is 1. The molecule has 0 spiro atoms. The van der Waals surface area contributed by atoms with Crippen LogP contribution in [0.4, 0.5) is 10.5 Å². The topological polar surface area (TPSA) is 64.7 Å². The Bertz CT molecular complexity index is 513. The second kappa shape index (κ2) is 9.84. The van der Waals surface area contributed by atoms with E-state index in [2.05, 4.69) is 29.4 Å². The zero-order valence-electron chi connectivity index (χ0n) is 14.6. The van der Waals surface area contributed by atoms with E-state index in [1.807, 2.05) is 24.3 Å². The lowest BCUT2D eigenvalue weighted by Gasteiger charge is -2.18. The predicted octanol–water partition coefficient (Wildman–Crippen LogP) is 1.78. The van der Waals surface area contributed by atoms with E-state index in [1.165, 1.54) is 0 Å². The minimum absolute atomic E-state index is 0.00110. The Morgan fingerprint density at radius 2 is 1.74 bits per heavy atom. The molecule has 0 atom stereocenters. The van der Waals surface area contributed by atoms with Crippen molar-refractivity contribution in [2.24, 2.45) is 0 Å². The van der Waals surface area contributed by atoms with Crippen LogP contribution >= 0.6 is 0 Å². The summed E-state index contributed by atoms with van der Waals surface area (Å²) >= 11 is 0. The van der Waals surface area contributed by atoms with Crippen LogP contribution < -0.4 is 10.6 Å². The molecule has 0 saturated carbocycles. The number of para-hydroxylation sites is 1. The molecule has 6 heteroatoms. The quantitative estimate of drug-likeness (QED) is 0.767. The first-order valence-electron chi connectivity index (χ1n) is 8.03. The summed E-state index contributed by atoms with van der Waals surface area (Å²) in [7, 11) is 3.44. The number of amides is 3. The third-order valence-electron chi connectivity index (χ3n) is 3.71. The summed E-state index contributed by atoms with van der Waals surface area (Å²) in [5.41, 5.74) is 1.48. The number of carbonyl (C=O) groups is 2. The normalized spacial score (nSPS) is 10.5. The molecule has 0 aromatic heterocycles. The standard InChI is InChI=1S/C17H28N4O2/c1-5-21(6-2)12-11-18-17(23)19-15-10-8-7-9-14(15)13-16(22)20(3)4/h7-10H,5-6,11-13H2,1-4H3,(H2,18,19,23). The zero-order valence-corrected chi connectivity index (χ0v) is 14.6. The molecule has 0 aliphatic rings. The van der Waals surface area contributed by atoms with E-state index in [0.717, 1.165) is 25.2 Å². The summed E-state index contributed by atoms with van der Waals surface area (Å²) in [6, 6.07) is 7.12. The molecule has 3 amide bonds. The summed E-state index contributed by atoms with van der Waals surface area (Å²) in [5, 5.41) is 5.67. The van der Waals surface area contributed by atoms with E-state index in [1.54, 1.807) is 19.0 Å². The number of carbonyl (C=O) groups excluding carboxylic acids is 2. The Labute approximate surface area is 138 Å². The van der Waals surface area contributed by atoms with Crippen LogP contribution in [0.3, 0.4) is 0 Å². The molecule has 1 rings (SSSR count). The van der Waals surface area contributed by atoms with Crippen molar-refractivity contribution in [1.82, 2.24) is 15.1 Å². The molecule has 0 radical (unpaired) electrons. The molecule has 1 aromatic carbocycles.